The molecule has 2 aromatic rings. The predicted molar refractivity (Wildman–Crippen MR) is 58.8 cm³/mol. The van der Waals surface area contributed by atoms with Crippen LogP contribution in [0.1, 0.15) is 11.6 Å². The van der Waals surface area contributed by atoms with Crippen LogP contribution in [0.5, 0.6) is 0 Å². The van der Waals surface area contributed by atoms with Gasteiger partial charge < -0.3 is 10.3 Å². The lowest BCUT2D eigenvalue weighted by atomic mass is 10.1. The first-order valence-corrected chi connectivity index (χ1v) is 5.04. The van der Waals surface area contributed by atoms with Gasteiger partial charge in [-0.3, -0.25) is 0 Å². The summed E-state index contributed by atoms with van der Waals surface area (Å²) in [5, 5.41) is 0. The first kappa shape index (κ1) is 11.7. The second kappa shape index (κ2) is 4.25. The Morgan fingerprint density at radius 1 is 1.00 bits per heavy atom. The van der Waals surface area contributed by atoms with Crippen LogP contribution in [0.4, 0.5) is 13.2 Å². The van der Waals surface area contributed by atoms with Gasteiger partial charge in [0.25, 0.3) is 0 Å². The van der Waals surface area contributed by atoms with Crippen molar-refractivity contribution < 1.29 is 13.2 Å². The Bertz CT molecular complexity index is 471. The number of halogens is 3. The molecule has 0 saturated heterocycles. The molecule has 5 heteroatoms. The van der Waals surface area contributed by atoms with Crippen molar-refractivity contribution >= 4 is 0 Å². The standard InChI is InChI=1S/C12H11F3N2/c13-12(14,15)11(16)9-3-5-10(6-4-9)17-7-1-2-8-17/h1-8,11H,16H2/t11-/m1/s1. The maximum atomic E-state index is 12.4. The molecule has 0 bridgehead atoms. The van der Waals surface area contributed by atoms with Gasteiger partial charge in [-0.25, -0.2) is 0 Å². The van der Waals surface area contributed by atoms with Gasteiger partial charge in [0.05, 0.1) is 0 Å². The average molecular weight is 240 g/mol. The highest BCUT2D eigenvalue weighted by molar-refractivity contribution is 5.36. The summed E-state index contributed by atoms with van der Waals surface area (Å²) in [5.41, 5.74) is 5.97. The van der Waals surface area contributed by atoms with Gasteiger partial charge >= 0.3 is 6.18 Å². The van der Waals surface area contributed by atoms with E-state index in [0.29, 0.717) is 0 Å². The average Bonchev–Trinajstić information content (AvgIpc) is 2.80. The minimum Gasteiger partial charge on any atom is -0.324 e. The van der Waals surface area contributed by atoms with Gasteiger partial charge in [0.15, 0.2) is 0 Å². The number of hydrogen-bond acceptors (Lipinski definition) is 1. The van der Waals surface area contributed by atoms with E-state index in [-0.39, 0.29) is 5.56 Å². The molecule has 0 unspecified atom stereocenters. The number of benzene rings is 1. The van der Waals surface area contributed by atoms with E-state index < -0.39 is 12.2 Å². The molecule has 0 aliphatic rings. The molecule has 0 saturated carbocycles. The lowest BCUT2D eigenvalue weighted by Gasteiger charge is -2.16. The van der Waals surface area contributed by atoms with Crippen molar-refractivity contribution in [2.45, 2.75) is 12.2 Å². The topological polar surface area (TPSA) is 30.9 Å². The van der Waals surface area contributed by atoms with E-state index in [0.717, 1.165) is 5.69 Å². The molecular weight excluding hydrogens is 229 g/mol. The molecule has 90 valence electrons. The van der Waals surface area contributed by atoms with E-state index in [9.17, 15) is 13.2 Å². The summed E-state index contributed by atoms with van der Waals surface area (Å²) in [5.74, 6) is 0. The predicted octanol–water partition coefficient (Wildman–Crippen LogP) is 3.04. The second-order valence-electron chi connectivity index (χ2n) is 3.70. The highest BCUT2D eigenvalue weighted by atomic mass is 19.4. The molecule has 0 fully saturated rings. The summed E-state index contributed by atoms with van der Waals surface area (Å²) in [6, 6.07) is 7.77. The minimum atomic E-state index is -4.41. The highest BCUT2D eigenvalue weighted by Gasteiger charge is 2.37. The Balaban J connectivity index is 2.25. The smallest absolute Gasteiger partial charge is 0.324 e. The van der Waals surface area contributed by atoms with E-state index in [1.54, 1.807) is 12.1 Å². The van der Waals surface area contributed by atoms with Gasteiger partial charge in [-0.1, -0.05) is 12.1 Å². The number of nitrogens with zero attached hydrogens (tertiary/aromatic N) is 1. The van der Waals surface area contributed by atoms with Gasteiger partial charge in [-0.2, -0.15) is 13.2 Å². The quantitative estimate of drug-likeness (QED) is 0.859. The molecule has 0 radical (unpaired) electrons. The van der Waals surface area contributed by atoms with Crippen LogP contribution in [-0.2, 0) is 0 Å². The molecular formula is C12H11F3N2. The number of hydrogen-bond donors (Lipinski definition) is 1. The van der Waals surface area contributed by atoms with Crippen LogP contribution in [0, 0.1) is 0 Å². The Kier molecular flexibility index (Phi) is 2.93. The van der Waals surface area contributed by atoms with Crippen molar-refractivity contribution in [3.05, 3.63) is 54.4 Å². The van der Waals surface area contributed by atoms with E-state index in [2.05, 4.69) is 0 Å². The Morgan fingerprint density at radius 2 is 1.53 bits per heavy atom. The molecule has 0 aliphatic heterocycles. The van der Waals surface area contributed by atoms with Crippen LogP contribution in [0.3, 0.4) is 0 Å². The summed E-state index contributed by atoms with van der Waals surface area (Å²) in [7, 11) is 0. The number of rotatable bonds is 2. The second-order valence-corrected chi connectivity index (χ2v) is 3.70. The molecule has 0 aliphatic carbocycles. The summed E-state index contributed by atoms with van der Waals surface area (Å²) in [6.07, 6.45) is -0.771. The molecule has 1 aromatic carbocycles. The number of nitrogens with two attached hydrogens (primary N) is 1. The van der Waals surface area contributed by atoms with Gasteiger partial charge in [0.1, 0.15) is 6.04 Å². The zero-order valence-electron chi connectivity index (χ0n) is 8.85. The Labute approximate surface area is 96.5 Å². The number of aromatic nitrogens is 1. The molecule has 1 atom stereocenters. The Hall–Kier alpha value is -1.75. The van der Waals surface area contributed by atoms with Crippen molar-refractivity contribution in [1.29, 1.82) is 0 Å². The zero-order valence-corrected chi connectivity index (χ0v) is 8.85. The lowest BCUT2D eigenvalue weighted by Crippen LogP contribution is -2.28. The molecule has 1 aromatic heterocycles. The molecule has 2 rings (SSSR count). The Morgan fingerprint density at radius 3 is 2.00 bits per heavy atom. The van der Waals surface area contributed by atoms with Gasteiger partial charge in [-0.05, 0) is 29.8 Å². The maximum Gasteiger partial charge on any atom is 0.407 e. The van der Waals surface area contributed by atoms with Crippen LogP contribution in [-0.4, -0.2) is 10.7 Å². The van der Waals surface area contributed by atoms with Gasteiger partial charge in [0.2, 0.25) is 0 Å². The van der Waals surface area contributed by atoms with Crippen molar-refractivity contribution in [3.8, 4) is 5.69 Å². The summed E-state index contributed by atoms with van der Waals surface area (Å²) in [6.45, 7) is 0. The van der Waals surface area contributed by atoms with Gasteiger partial charge in [-0.15, -0.1) is 0 Å². The van der Waals surface area contributed by atoms with Crippen LogP contribution >= 0.6 is 0 Å². The molecule has 0 amide bonds. The minimum absolute atomic E-state index is 0.0633. The first-order valence-electron chi connectivity index (χ1n) is 5.04. The van der Waals surface area contributed by atoms with Crippen molar-refractivity contribution in [2.75, 3.05) is 0 Å². The molecule has 2 N–H and O–H groups in total. The van der Waals surface area contributed by atoms with Crippen molar-refractivity contribution in [2.24, 2.45) is 5.73 Å². The fourth-order valence-electron chi connectivity index (χ4n) is 1.55. The van der Waals surface area contributed by atoms with Crippen LogP contribution in [0.2, 0.25) is 0 Å². The SMILES string of the molecule is N[C@H](c1ccc(-n2cccc2)cc1)C(F)(F)F. The summed E-state index contributed by atoms with van der Waals surface area (Å²) >= 11 is 0. The first-order chi connectivity index (χ1) is 7.98. The molecule has 0 spiro atoms. The monoisotopic (exact) mass is 240 g/mol. The highest BCUT2D eigenvalue weighted by Crippen LogP contribution is 2.30. The number of alkyl halides is 3. The molecule has 2 nitrogen and oxygen atoms in total. The lowest BCUT2D eigenvalue weighted by molar-refractivity contribution is -0.149. The normalized spacial score (nSPS) is 13.6. The molecule has 1 heterocycles. The third-order valence-corrected chi connectivity index (χ3v) is 2.51. The third kappa shape index (κ3) is 2.50. The van der Waals surface area contributed by atoms with E-state index in [1.165, 1.54) is 12.1 Å². The van der Waals surface area contributed by atoms with E-state index in [4.69, 9.17) is 5.73 Å². The van der Waals surface area contributed by atoms with Crippen molar-refractivity contribution in [3.63, 3.8) is 0 Å². The third-order valence-electron chi connectivity index (χ3n) is 2.51. The molecule has 17 heavy (non-hydrogen) atoms. The fourth-order valence-corrected chi connectivity index (χ4v) is 1.55. The van der Waals surface area contributed by atoms with Crippen LogP contribution < -0.4 is 5.73 Å². The fraction of sp³-hybridized carbons (Fsp3) is 0.167. The van der Waals surface area contributed by atoms with Crippen molar-refractivity contribution in [1.82, 2.24) is 4.57 Å². The van der Waals surface area contributed by atoms with Crippen LogP contribution in [0.15, 0.2) is 48.8 Å². The summed E-state index contributed by atoms with van der Waals surface area (Å²) < 4.78 is 38.9. The van der Waals surface area contributed by atoms with Gasteiger partial charge in [0, 0.05) is 18.1 Å². The van der Waals surface area contributed by atoms with E-state index in [1.807, 2.05) is 29.1 Å². The van der Waals surface area contributed by atoms with E-state index >= 15 is 0 Å². The zero-order chi connectivity index (χ0) is 12.5. The maximum absolute atomic E-state index is 12.4. The van der Waals surface area contributed by atoms with Crippen LogP contribution in [0.25, 0.3) is 5.69 Å². The summed E-state index contributed by atoms with van der Waals surface area (Å²) in [4.78, 5) is 0. The largest absolute Gasteiger partial charge is 0.407 e.